The molecule has 11 nitrogen and oxygen atoms in total. The van der Waals surface area contributed by atoms with Crippen LogP contribution in [0.5, 0.6) is 0 Å². The molecule has 0 aromatic heterocycles. The van der Waals surface area contributed by atoms with Crippen molar-refractivity contribution in [2.75, 3.05) is 13.1 Å². The van der Waals surface area contributed by atoms with Crippen LogP contribution >= 0.6 is 11.6 Å². The first-order valence-electron chi connectivity index (χ1n) is 12.3. The van der Waals surface area contributed by atoms with E-state index >= 15 is 0 Å². The second-order valence-electron chi connectivity index (χ2n) is 8.47. The van der Waals surface area contributed by atoms with Crippen molar-refractivity contribution >= 4 is 47.3 Å². The first-order valence-corrected chi connectivity index (χ1v) is 12.7. The Balaban J connectivity index is 0.00000173. The quantitative estimate of drug-likeness (QED) is 0.0921. The molecule has 0 radical (unpaired) electrons. The smallest absolute Gasteiger partial charge is 0.480 e. The minimum atomic E-state index is -4.83. The molecule has 0 saturated heterocycles. The van der Waals surface area contributed by atoms with Crippen LogP contribution in [0, 0.1) is 5.82 Å². The van der Waals surface area contributed by atoms with Crippen LogP contribution in [0.2, 0.25) is 5.02 Å². The summed E-state index contributed by atoms with van der Waals surface area (Å²) in [6.45, 7) is 3.06. The molecule has 0 bridgehead atoms. The molecule has 230 valence electrons. The number of carbonyl (C=O) groups is 5. The van der Waals surface area contributed by atoms with E-state index in [0.717, 1.165) is 18.6 Å². The van der Waals surface area contributed by atoms with Crippen LogP contribution in [-0.2, 0) is 28.7 Å². The third kappa shape index (κ3) is 19.1. The molecule has 0 spiro atoms. The van der Waals surface area contributed by atoms with Crippen molar-refractivity contribution in [1.29, 1.82) is 0 Å². The Morgan fingerprint density at radius 1 is 1.12 bits per heavy atom. The predicted octanol–water partition coefficient (Wildman–Crippen LogP) is 1.94. The Labute approximate surface area is 238 Å². The van der Waals surface area contributed by atoms with Crippen molar-refractivity contribution in [2.24, 2.45) is 0 Å². The molecular formula is C25H34ClF4N4O7+. The molecule has 0 aliphatic rings. The highest BCUT2D eigenvalue weighted by atomic mass is 35.5. The molecule has 1 rings (SSSR count). The van der Waals surface area contributed by atoms with Gasteiger partial charge in [0.1, 0.15) is 17.9 Å². The second-order valence-corrected chi connectivity index (χ2v) is 8.91. The number of carboxylic acid groups (broad SMARTS) is 1. The third-order valence-electron chi connectivity index (χ3n) is 4.89. The highest BCUT2D eigenvalue weighted by Crippen LogP contribution is 2.16. The number of amides is 3. The van der Waals surface area contributed by atoms with Crippen molar-refractivity contribution in [3.05, 3.63) is 40.7 Å². The number of nitrogens with one attached hydrogen (secondary N) is 3. The Bertz CT molecular complexity index is 1070. The summed E-state index contributed by atoms with van der Waals surface area (Å²) in [5, 5.41) is 16.9. The summed E-state index contributed by atoms with van der Waals surface area (Å²) < 4.78 is 49.1. The van der Waals surface area contributed by atoms with Crippen LogP contribution in [0.25, 0.3) is 6.08 Å². The van der Waals surface area contributed by atoms with Crippen LogP contribution in [0.1, 0.15) is 51.5 Å². The highest BCUT2D eigenvalue weighted by Gasteiger charge is 2.32. The van der Waals surface area contributed by atoms with Gasteiger partial charge in [-0.3, -0.25) is 19.2 Å². The largest absolute Gasteiger partial charge is 0.575 e. The number of carbonyl (C=O) groups excluding carboxylic acids is 4. The molecule has 1 aromatic carbocycles. The lowest BCUT2D eigenvalue weighted by Crippen LogP contribution is -2.50. The number of halogens is 5. The van der Waals surface area contributed by atoms with Crippen LogP contribution < -0.4 is 21.7 Å². The van der Waals surface area contributed by atoms with Crippen LogP contribution in [-0.4, -0.2) is 66.3 Å². The van der Waals surface area contributed by atoms with E-state index < -0.39 is 53.9 Å². The number of aliphatic carboxylic acids is 1. The molecule has 0 fully saturated rings. The van der Waals surface area contributed by atoms with Gasteiger partial charge in [-0.2, -0.15) is 0 Å². The van der Waals surface area contributed by atoms with Gasteiger partial charge < -0.3 is 31.5 Å². The van der Waals surface area contributed by atoms with E-state index in [1.165, 1.54) is 25.1 Å². The molecule has 0 saturated carbocycles. The Hall–Kier alpha value is -3.72. The standard InChI is InChI=1S/C22H30ClFN4O5.C3H3F3O2/c1-14(27-20(30)10-8-15-7-9-16(23)13-17(15)24)21(31)26-12-4-6-19(29)28-18(22(32)33)5-2-3-11-25;1-2(7)8-3(4,5)6/h7-10,13-14,18H,2-6,11-12,25H2,1H3,(H,26,31)(H,27,30)(H,28,29)(H,32,33);1H3/p+1/b10-8+;. The number of ether oxygens (including phenoxy) is 1. The lowest BCUT2D eigenvalue weighted by molar-refractivity contribution is -0.368. The first kappa shape index (κ1) is 37.3. The Kier molecular flexibility index (Phi) is 17.6. The lowest BCUT2D eigenvalue weighted by atomic mass is 10.1. The van der Waals surface area contributed by atoms with E-state index in [-0.39, 0.29) is 23.6 Å². The van der Waals surface area contributed by atoms with E-state index in [1.54, 1.807) is 0 Å². The van der Waals surface area contributed by atoms with E-state index in [1.807, 2.05) is 0 Å². The van der Waals surface area contributed by atoms with E-state index in [0.29, 0.717) is 32.7 Å². The van der Waals surface area contributed by atoms with Crippen molar-refractivity contribution in [3.63, 3.8) is 0 Å². The summed E-state index contributed by atoms with van der Waals surface area (Å²) in [5.74, 6) is -4.45. The molecule has 2 atom stereocenters. The summed E-state index contributed by atoms with van der Waals surface area (Å²) >= 11 is 5.68. The normalized spacial score (nSPS) is 12.4. The van der Waals surface area contributed by atoms with Crippen molar-refractivity contribution < 1.29 is 57.1 Å². The molecule has 3 amide bonds. The highest BCUT2D eigenvalue weighted by molar-refractivity contribution is 6.30. The van der Waals surface area contributed by atoms with Crippen molar-refractivity contribution in [2.45, 2.75) is 64.4 Å². The minimum Gasteiger partial charge on any atom is -0.480 e. The summed E-state index contributed by atoms with van der Waals surface area (Å²) in [6, 6.07) is 2.25. The number of alkyl halides is 3. The predicted molar refractivity (Wildman–Crippen MR) is 139 cm³/mol. The number of esters is 1. The van der Waals surface area contributed by atoms with Crippen LogP contribution in [0.15, 0.2) is 24.3 Å². The summed E-state index contributed by atoms with van der Waals surface area (Å²) in [7, 11) is 0. The van der Waals surface area contributed by atoms with Gasteiger partial charge in [0.2, 0.25) is 17.7 Å². The molecule has 1 aromatic rings. The maximum atomic E-state index is 13.7. The fourth-order valence-corrected chi connectivity index (χ4v) is 3.11. The van der Waals surface area contributed by atoms with Gasteiger partial charge in [-0.15, -0.1) is 13.2 Å². The SMILES string of the molecule is CC(=O)OC(F)(F)F.CC(NC(=O)/C=C/c1ccc(Cl)cc1F)C(=O)NCCCC(=O)NC(CCCC[NH3+])C(=O)O. The molecule has 41 heavy (non-hydrogen) atoms. The van der Waals surface area contributed by atoms with Gasteiger partial charge in [-0.1, -0.05) is 17.7 Å². The zero-order valence-electron chi connectivity index (χ0n) is 22.5. The van der Waals surface area contributed by atoms with Crippen LogP contribution in [0.4, 0.5) is 17.6 Å². The van der Waals surface area contributed by atoms with E-state index in [9.17, 15) is 46.6 Å². The summed E-state index contributed by atoms with van der Waals surface area (Å²) in [4.78, 5) is 56.7. The monoisotopic (exact) mass is 613 g/mol. The number of benzene rings is 1. The van der Waals surface area contributed by atoms with Gasteiger partial charge in [0.05, 0.1) is 6.54 Å². The van der Waals surface area contributed by atoms with Gasteiger partial charge in [0, 0.05) is 36.6 Å². The summed E-state index contributed by atoms with van der Waals surface area (Å²) in [5.41, 5.74) is 3.87. The second kappa shape index (κ2) is 19.4. The molecule has 0 aliphatic carbocycles. The fourth-order valence-electron chi connectivity index (χ4n) is 2.95. The third-order valence-corrected chi connectivity index (χ3v) is 5.13. The fraction of sp³-hybridized carbons (Fsp3) is 0.480. The number of hydrogen-bond acceptors (Lipinski definition) is 6. The average Bonchev–Trinajstić information content (AvgIpc) is 2.84. The minimum absolute atomic E-state index is 0.0511. The number of hydrogen-bond donors (Lipinski definition) is 5. The summed E-state index contributed by atoms with van der Waals surface area (Å²) in [6.07, 6.45) is -0.313. The number of carboxylic acids is 1. The van der Waals surface area contributed by atoms with Crippen molar-refractivity contribution in [1.82, 2.24) is 16.0 Å². The maximum Gasteiger partial charge on any atom is 0.575 e. The number of unbranched alkanes of at least 4 members (excludes halogenated alkanes) is 1. The Morgan fingerprint density at radius 2 is 1.78 bits per heavy atom. The molecular weight excluding hydrogens is 580 g/mol. The van der Waals surface area contributed by atoms with Gasteiger partial charge in [-0.25, -0.2) is 9.18 Å². The average molecular weight is 614 g/mol. The zero-order valence-corrected chi connectivity index (χ0v) is 23.2. The molecule has 0 heterocycles. The van der Waals surface area contributed by atoms with E-state index in [2.05, 4.69) is 26.4 Å². The zero-order chi connectivity index (χ0) is 31.6. The Morgan fingerprint density at radius 3 is 2.29 bits per heavy atom. The van der Waals surface area contributed by atoms with Gasteiger partial charge in [-0.05, 0) is 50.8 Å². The molecule has 7 N–H and O–H groups in total. The van der Waals surface area contributed by atoms with Gasteiger partial charge in [0.25, 0.3) is 0 Å². The molecule has 2 unspecified atom stereocenters. The number of quaternary nitrogens is 1. The lowest BCUT2D eigenvalue weighted by Gasteiger charge is -2.15. The van der Waals surface area contributed by atoms with Crippen LogP contribution in [0.3, 0.4) is 0 Å². The maximum absolute atomic E-state index is 13.7. The van der Waals surface area contributed by atoms with Crippen molar-refractivity contribution in [3.8, 4) is 0 Å². The first-order chi connectivity index (χ1) is 19.0. The molecule has 0 aliphatic heterocycles. The topological polar surface area (TPSA) is 179 Å². The molecule has 16 heteroatoms. The van der Waals surface area contributed by atoms with Gasteiger partial charge >= 0.3 is 18.3 Å². The van der Waals surface area contributed by atoms with E-state index in [4.69, 9.17) is 11.6 Å². The number of rotatable bonds is 14. The van der Waals surface area contributed by atoms with Gasteiger partial charge in [0.15, 0.2) is 0 Å².